The zero-order valence-corrected chi connectivity index (χ0v) is 11.6. The molecule has 3 heterocycles. The topological polar surface area (TPSA) is 44.0 Å². The Morgan fingerprint density at radius 1 is 1.26 bits per heavy atom. The molecule has 3 aliphatic rings. The molecular weight excluding hydrogens is 236 g/mol. The lowest BCUT2D eigenvalue weighted by Crippen LogP contribution is -2.51. The van der Waals surface area contributed by atoms with Gasteiger partial charge in [-0.25, -0.2) is 4.98 Å². The van der Waals surface area contributed by atoms with E-state index in [-0.39, 0.29) is 0 Å². The molecule has 4 nitrogen and oxygen atoms in total. The third-order valence-electron chi connectivity index (χ3n) is 5.38. The van der Waals surface area contributed by atoms with Crippen LogP contribution >= 0.6 is 0 Å². The van der Waals surface area contributed by atoms with Crippen LogP contribution in [-0.4, -0.2) is 40.0 Å². The Balaban J connectivity index is 1.41. The average Bonchev–Trinajstić information content (AvgIpc) is 3.06. The number of hydrogen-bond donors (Lipinski definition) is 2. The highest BCUT2D eigenvalue weighted by atomic mass is 15.2. The second kappa shape index (κ2) is 4.91. The molecule has 104 valence electrons. The largest absolute Gasteiger partial charge is 0.347 e. The monoisotopic (exact) mass is 260 g/mol. The highest BCUT2D eigenvalue weighted by Crippen LogP contribution is 2.36. The number of likely N-dealkylation sites (tertiary alicyclic amines) is 1. The SMILES string of the molecule is c1nc2c([nH]1)CNC(CN1CCCC3CCCC31)C2. The van der Waals surface area contributed by atoms with Crippen molar-refractivity contribution in [2.75, 3.05) is 13.1 Å². The van der Waals surface area contributed by atoms with Gasteiger partial charge in [-0.2, -0.15) is 0 Å². The highest BCUT2D eigenvalue weighted by molar-refractivity contribution is 5.16. The Morgan fingerprint density at radius 3 is 3.21 bits per heavy atom. The van der Waals surface area contributed by atoms with Gasteiger partial charge in [0.15, 0.2) is 0 Å². The van der Waals surface area contributed by atoms with E-state index in [1.54, 1.807) is 0 Å². The van der Waals surface area contributed by atoms with E-state index in [9.17, 15) is 0 Å². The maximum absolute atomic E-state index is 4.45. The quantitative estimate of drug-likeness (QED) is 0.850. The summed E-state index contributed by atoms with van der Waals surface area (Å²) in [7, 11) is 0. The highest BCUT2D eigenvalue weighted by Gasteiger charge is 2.36. The second-order valence-corrected chi connectivity index (χ2v) is 6.51. The summed E-state index contributed by atoms with van der Waals surface area (Å²) in [5.41, 5.74) is 2.57. The molecule has 3 unspecified atom stereocenters. The van der Waals surface area contributed by atoms with Gasteiger partial charge in [0.25, 0.3) is 0 Å². The first-order valence-electron chi connectivity index (χ1n) is 7.89. The number of rotatable bonds is 2. The molecule has 1 saturated carbocycles. The minimum atomic E-state index is 0.593. The minimum Gasteiger partial charge on any atom is -0.347 e. The number of aromatic amines is 1. The van der Waals surface area contributed by atoms with E-state index in [1.165, 1.54) is 56.6 Å². The maximum Gasteiger partial charge on any atom is 0.0925 e. The van der Waals surface area contributed by atoms with Gasteiger partial charge in [0.05, 0.1) is 17.7 Å². The lowest BCUT2D eigenvalue weighted by atomic mass is 9.91. The molecular formula is C15H24N4. The number of nitrogens with zero attached hydrogens (tertiary/aromatic N) is 2. The summed E-state index contributed by atoms with van der Waals surface area (Å²) in [4.78, 5) is 10.5. The molecule has 0 spiro atoms. The van der Waals surface area contributed by atoms with Crippen molar-refractivity contribution in [1.82, 2.24) is 20.2 Å². The van der Waals surface area contributed by atoms with Crippen LogP contribution < -0.4 is 5.32 Å². The number of fused-ring (bicyclic) bond motifs is 2. The van der Waals surface area contributed by atoms with E-state index in [0.717, 1.165) is 24.9 Å². The van der Waals surface area contributed by atoms with Crippen molar-refractivity contribution in [1.29, 1.82) is 0 Å². The molecule has 2 aliphatic heterocycles. The number of aromatic nitrogens is 2. The third-order valence-corrected chi connectivity index (χ3v) is 5.38. The number of nitrogens with one attached hydrogen (secondary N) is 2. The fourth-order valence-corrected chi connectivity index (χ4v) is 4.43. The normalized spacial score (nSPS) is 35.1. The fourth-order valence-electron chi connectivity index (χ4n) is 4.43. The van der Waals surface area contributed by atoms with Crippen LogP contribution in [-0.2, 0) is 13.0 Å². The molecule has 1 aromatic rings. The van der Waals surface area contributed by atoms with E-state index in [4.69, 9.17) is 0 Å². The van der Waals surface area contributed by atoms with Crippen molar-refractivity contribution in [2.45, 2.75) is 57.2 Å². The fraction of sp³-hybridized carbons (Fsp3) is 0.800. The summed E-state index contributed by atoms with van der Waals surface area (Å²) in [5, 5.41) is 3.68. The molecule has 0 radical (unpaired) electrons. The van der Waals surface area contributed by atoms with Crippen LogP contribution in [0.2, 0.25) is 0 Å². The lowest BCUT2D eigenvalue weighted by molar-refractivity contribution is 0.0994. The molecule has 0 amide bonds. The number of hydrogen-bond acceptors (Lipinski definition) is 3. The Bertz CT molecular complexity index is 441. The van der Waals surface area contributed by atoms with Gasteiger partial charge in [-0.3, -0.25) is 4.90 Å². The van der Waals surface area contributed by atoms with Gasteiger partial charge in [-0.1, -0.05) is 6.42 Å². The molecule has 0 bridgehead atoms. The summed E-state index contributed by atoms with van der Waals surface area (Å²) < 4.78 is 0. The smallest absolute Gasteiger partial charge is 0.0925 e. The summed E-state index contributed by atoms with van der Waals surface area (Å²) in [5.74, 6) is 0.998. The second-order valence-electron chi connectivity index (χ2n) is 6.51. The van der Waals surface area contributed by atoms with E-state index in [1.807, 2.05) is 6.33 Å². The Hall–Kier alpha value is -0.870. The predicted molar refractivity (Wildman–Crippen MR) is 74.9 cm³/mol. The molecule has 1 aromatic heterocycles. The molecule has 2 N–H and O–H groups in total. The van der Waals surface area contributed by atoms with Gasteiger partial charge in [-0.15, -0.1) is 0 Å². The van der Waals surface area contributed by atoms with Crippen LogP contribution in [0.3, 0.4) is 0 Å². The first-order chi connectivity index (χ1) is 9.40. The summed E-state index contributed by atoms with van der Waals surface area (Å²) >= 11 is 0. The van der Waals surface area contributed by atoms with Crippen molar-refractivity contribution >= 4 is 0 Å². The molecule has 3 atom stereocenters. The van der Waals surface area contributed by atoms with Gasteiger partial charge in [0.2, 0.25) is 0 Å². The van der Waals surface area contributed by atoms with Crippen LogP contribution in [0.4, 0.5) is 0 Å². The van der Waals surface area contributed by atoms with E-state index in [2.05, 4.69) is 20.2 Å². The number of imidazole rings is 1. The maximum atomic E-state index is 4.45. The molecule has 4 heteroatoms. The van der Waals surface area contributed by atoms with Gasteiger partial charge in [0, 0.05) is 31.6 Å². The standard InChI is InChI=1S/C15H24N4/c1-3-11-4-2-6-19(15(11)5-1)9-12-7-13-14(8-16-12)18-10-17-13/h10-12,15-16H,1-9H2,(H,17,18). The van der Waals surface area contributed by atoms with Crippen molar-refractivity contribution in [3.63, 3.8) is 0 Å². The lowest BCUT2D eigenvalue weighted by Gasteiger charge is -2.40. The molecule has 0 aromatic carbocycles. The third kappa shape index (κ3) is 2.21. The molecule has 1 saturated heterocycles. The van der Waals surface area contributed by atoms with Crippen LogP contribution in [0.5, 0.6) is 0 Å². The first kappa shape index (κ1) is 11.9. The van der Waals surface area contributed by atoms with Crippen LogP contribution in [0.15, 0.2) is 6.33 Å². The van der Waals surface area contributed by atoms with Crippen molar-refractivity contribution in [3.8, 4) is 0 Å². The van der Waals surface area contributed by atoms with Crippen molar-refractivity contribution in [2.24, 2.45) is 5.92 Å². The first-order valence-corrected chi connectivity index (χ1v) is 7.89. The van der Waals surface area contributed by atoms with Gasteiger partial charge in [-0.05, 0) is 38.1 Å². The zero-order valence-electron chi connectivity index (χ0n) is 11.6. The molecule has 1 aliphatic carbocycles. The number of H-pyrrole nitrogens is 1. The van der Waals surface area contributed by atoms with Crippen LogP contribution in [0, 0.1) is 5.92 Å². The Labute approximate surface area is 115 Å². The summed E-state index contributed by atoms with van der Waals surface area (Å²) in [6.07, 6.45) is 10.2. The molecule has 4 rings (SSSR count). The van der Waals surface area contributed by atoms with E-state index < -0.39 is 0 Å². The summed E-state index contributed by atoms with van der Waals surface area (Å²) in [6.45, 7) is 3.49. The number of piperidine rings is 1. The predicted octanol–water partition coefficient (Wildman–Crippen LogP) is 1.69. The van der Waals surface area contributed by atoms with Crippen LogP contribution in [0.25, 0.3) is 0 Å². The van der Waals surface area contributed by atoms with Crippen LogP contribution in [0.1, 0.15) is 43.5 Å². The zero-order chi connectivity index (χ0) is 12.7. The van der Waals surface area contributed by atoms with Crippen molar-refractivity contribution in [3.05, 3.63) is 17.7 Å². The van der Waals surface area contributed by atoms with Gasteiger partial charge < -0.3 is 10.3 Å². The summed E-state index contributed by atoms with van der Waals surface area (Å²) in [6, 6.07) is 1.48. The van der Waals surface area contributed by atoms with Crippen molar-refractivity contribution < 1.29 is 0 Å². The van der Waals surface area contributed by atoms with Gasteiger partial charge >= 0.3 is 0 Å². The Morgan fingerprint density at radius 2 is 2.21 bits per heavy atom. The van der Waals surface area contributed by atoms with E-state index in [0.29, 0.717) is 6.04 Å². The van der Waals surface area contributed by atoms with E-state index >= 15 is 0 Å². The molecule has 2 fully saturated rings. The molecule has 19 heavy (non-hydrogen) atoms. The average molecular weight is 260 g/mol. The minimum absolute atomic E-state index is 0.593. The van der Waals surface area contributed by atoms with Gasteiger partial charge in [0.1, 0.15) is 0 Å². The Kier molecular flexibility index (Phi) is 3.08.